The fourth-order valence-electron chi connectivity index (χ4n) is 2.21. The molecule has 0 unspecified atom stereocenters. The second kappa shape index (κ2) is 5.61. The number of benzene rings is 1. The van der Waals surface area contributed by atoms with Gasteiger partial charge in [0.1, 0.15) is 0 Å². The summed E-state index contributed by atoms with van der Waals surface area (Å²) in [6.07, 6.45) is 7.46. The van der Waals surface area contributed by atoms with Crippen LogP contribution in [0.2, 0.25) is 0 Å². The Morgan fingerprint density at radius 2 is 2.10 bits per heavy atom. The van der Waals surface area contributed by atoms with Crippen molar-refractivity contribution in [1.82, 2.24) is 4.98 Å². The van der Waals surface area contributed by atoms with Crippen molar-refractivity contribution < 1.29 is 0 Å². The number of anilines is 1. The summed E-state index contributed by atoms with van der Waals surface area (Å²) < 4.78 is 0. The number of nitrogen functional groups attached to an aromatic ring is 1. The number of hydrogen-bond donors (Lipinski definition) is 2. The van der Waals surface area contributed by atoms with E-state index in [0.29, 0.717) is 11.1 Å². The van der Waals surface area contributed by atoms with Crippen molar-refractivity contribution >= 4 is 22.0 Å². The average molecular weight is 266 g/mol. The fraction of sp³-hybridized carbons (Fsp3) is 0.118. The Kier molecular flexibility index (Phi) is 3.89. The van der Waals surface area contributed by atoms with Crippen LogP contribution in [0, 0.1) is 0 Å². The molecule has 3 nitrogen and oxygen atoms in total. The third kappa shape index (κ3) is 2.43. The molecule has 0 aliphatic carbocycles. The Labute approximate surface area is 118 Å². The second-order valence-electron chi connectivity index (χ2n) is 4.62. The molecule has 3 heteroatoms. The van der Waals surface area contributed by atoms with Gasteiger partial charge >= 0.3 is 0 Å². The van der Waals surface area contributed by atoms with E-state index in [2.05, 4.69) is 11.6 Å². The number of H-pyrrole nitrogens is 1. The van der Waals surface area contributed by atoms with Crippen LogP contribution in [0.4, 0.5) is 5.69 Å². The van der Waals surface area contributed by atoms with Crippen molar-refractivity contribution in [3.05, 3.63) is 70.7 Å². The standard InChI is InChI=1S/C17H18N2O/c1-4-6-13(11(3)5-2)16-10-19-17(20)15-9-12(18)7-8-14(15)16/h4-10H,1,18H2,2-3H3,(H,19,20)/b11-5-,13-6+. The van der Waals surface area contributed by atoms with E-state index in [9.17, 15) is 4.79 Å². The molecule has 0 amide bonds. The van der Waals surface area contributed by atoms with Gasteiger partial charge in [-0.1, -0.05) is 30.9 Å². The normalized spacial score (nSPS) is 12.7. The molecule has 0 aliphatic rings. The molecule has 20 heavy (non-hydrogen) atoms. The molecule has 2 rings (SSSR count). The molecule has 0 radical (unpaired) electrons. The molecule has 102 valence electrons. The summed E-state index contributed by atoms with van der Waals surface area (Å²) in [5.74, 6) is 0. The minimum absolute atomic E-state index is 0.132. The van der Waals surface area contributed by atoms with Crippen LogP contribution in [0.5, 0.6) is 0 Å². The predicted molar refractivity (Wildman–Crippen MR) is 86.6 cm³/mol. The van der Waals surface area contributed by atoms with E-state index in [-0.39, 0.29) is 5.56 Å². The first kappa shape index (κ1) is 13.9. The molecular weight excluding hydrogens is 248 g/mol. The Bertz CT molecular complexity index is 779. The summed E-state index contributed by atoms with van der Waals surface area (Å²) in [5.41, 5.74) is 9.34. The van der Waals surface area contributed by atoms with Crippen LogP contribution < -0.4 is 11.3 Å². The Balaban J connectivity index is 2.84. The number of hydrogen-bond acceptors (Lipinski definition) is 2. The van der Waals surface area contributed by atoms with E-state index in [0.717, 1.165) is 22.1 Å². The average Bonchev–Trinajstić information content (AvgIpc) is 2.45. The maximum atomic E-state index is 11.9. The smallest absolute Gasteiger partial charge is 0.255 e. The third-order valence-electron chi connectivity index (χ3n) is 3.36. The number of nitrogens with one attached hydrogen (secondary N) is 1. The zero-order valence-corrected chi connectivity index (χ0v) is 11.7. The minimum Gasteiger partial charge on any atom is -0.399 e. The van der Waals surface area contributed by atoms with Gasteiger partial charge in [-0.15, -0.1) is 0 Å². The Morgan fingerprint density at radius 3 is 2.75 bits per heavy atom. The summed E-state index contributed by atoms with van der Waals surface area (Å²) in [6.45, 7) is 7.77. The molecule has 0 atom stereocenters. The first-order valence-corrected chi connectivity index (χ1v) is 6.45. The Hall–Kier alpha value is -2.55. The number of aromatic nitrogens is 1. The monoisotopic (exact) mass is 266 g/mol. The lowest BCUT2D eigenvalue weighted by Gasteiger charge is -2.11. The summed E-state index contributed by atoms with van der Waals surface area (Å²) in [4.78, 5) is 14.7. The van der Waals surface area contributed by atoms with E-state index in [1.54, 1.807) is 18.3 Å². The molecule has 0 fully saturated rings. The number of pyridine rings is 1. The van der Waals surface area contributed by atoms with Crippen LogP contribution in [0.25, 0.3) is 16.3 Å². The molecule has 2 aromatic rings. The zero-order valence-electron chi connectivity index (χ0n) is 11.7. The van der Waals surface area contributed by atoms with E-state index >= 15 is 0 Å². The van der Waals surface area contributed by atoms with Crippen molar-refractivity contribution in [2.24, 2.45) is 0 Å². The zero-order chi connectivity index (χ0) is 14.7. The second-order valence-corrected chi connectivity index (χ2v) is 4.62. The van der Waals surface area contributed by atoms with Gasteiger partial charge < -0.3 is 10.7 Å². The number of nitrogens with two attached hydrogens (primary N) is 1. The van der Waals surface area contributed by atoms with Crippen molar-refractivity contribution in [3.63, 3.8) is 0 Å². The van der Waals surface area contributed by atoms with Gasteiger partial charge in [-0.25, -0.2) is 0 Å². The lowest BCUT2D eigenvalue weighted by Crippen LogP contribution is -2.07. The van der Waals surface area contributed by atoms with Crippen molar-refractivity contribution in [3.8, 4) is 0 Å². The van der Waals surface area contributed by atoms with Gasteiger partial charge in [0, 0.05) is 22.8 Å². The molecule has 0 saturated carbocycles. The van der Waals surface area contributed by atoms with Crippen LogP contribution in [0.15, 0.2) is 59.6 Å². The minimum atomic E-state index is -0.132. The maximum absolute atomic E-state index is 11.9. The highest BCUT2D eigenvalue weighted by Crippen LogP contribution is 2.28. The summed E-state index contributed by atoms with van der Waals surface area (Å²) >= 11 is 0. The van der Waals surface area contributed by atoms with Gasteiger partial charge in [0.05, 0.1) is 0 Å². The summed E-state index contributed by atoms with van der Waals surface area (Å²) in [6, 6.07) is 5.39. The lowest BCUT2D eigenvalue weighted by molar-refractivity contribution is 1.26. The molecule has 0 aliphatic heterocycles. The molecule has 1 aromatic carbocycles. The quantitative estimate of drug-likeness (QED) is 0.658. The van der Waals surface area contributed by atoms with Gasteiger partial charge in [-0.3, -0.25) is 4.79 Å². The number of allylic oxidation sites excluding steroid dienone is 5. The van der Waals surface area contributed by atoms with Crippen molar-refractivity contribution in [1.29, 1.82) is 0 Å². The molecule has 1 heterocycles. The third-order valence-corrected chi connectivity index (χ3v) is 3.36. The van der Waals surface area contributed by atoms with E-state index in [4.69, 9.17) is 5.73 Å². The lowest BCUT2D eigenvalue weighted by atomic mass is 9.95. The molecule has 3 N–H and O–H groups in total. The highest BCUT2D eigenvalue weighted by atomic mass is 16.1. The highest BCUT2D eigenvalue weighted by molar-refractivity contribution is 5.97. The summed E-state index contributed by atoms with van der Waals surface area (Å²) in [5, 5.41) is 1.48. The van der Waals surface area contributed by atoms with Crippen LogP contribution in [0.1, 0.15) is 19.4 Å². The van der Waals surface area contributed by atoms with Gasteiger partial charge in [0.2, 0.25) is 0 Å². The number of aromatic amines is 1. The maximum Gasteiger partial charge on any atom is 0.255 e. The van der Waals surface area contributed by atoms with Gasteiger partial charge in [0.15, 0.2) is 0 Å². The van der Waals surface area contributed by atoms with Crippen molar-refractivity contribution in [2.75, 3.05) is 5.73 Å². The number of fused-ring (bicyclic) bond motifs is 1. The van der Waals surface area contributed by atoms with Crippen LogP contribution in [0.3, 0.4) is 0 Å². The summed E-state index contributed by atoms with van der Waals surface area (Å²) in [7, 11) is 0. The highest BCUT2D eigenvalue weighted by Gasteiger charge is 2.10. The molecule has 1 aromatic heterocycles. The Morgan fingerprint density at radius 1 is 1.35 bits per heavy atom. The number of rotatable bonds is 3. The molecule has 0 saturated heterocycles. The molecular formula is C17H18N2O. The molecule has 0 bridgehead atoms. The SMILES string of the molecule is C=C/C=C(\C(C)=C/C)c1c[nH]c(=O)c2cc(N)ccc12. The van der Waals surface area contributed by atoms with Crippen LogP contribution >= 0.6 is 0 Å². The van der Waals surface area contributed by atoms with E-state index < -0.39 is 0 Å². The first-order valence-electron chi connectivity index (χ1n) is 6.45. The topological polar surface area (TPSA) is 58.9 Å². The van der Waals surface area contributed by atoms with Crippen molar-refractivity contribution in [2.45, 2.75) is 13.8 Å². The molecule has 0 spiro atoms. The largest absolute Gasteiger partial charge is 0.399 e. The van der Waals surface area contributed by atoms with Gasteiger partial charge in [-0.2, -0.15) is 0 Å². The first-order chi connectivity index (χ1) is 9.58. The van der Waals surface area contributed by atoms with Crippen LogP contribution in [-0.2, 0) is 0 Å². The predicted octanol–water partition coefficient (Wildman–Crippen LogP) is 3.65. The van der Waals surface area contributed by atoms with E-state index in [1.807, 2.05) is 38.1 Å². The van der Waals surface area contributed by atoms with Gasteiger partial charge in [-0.05, 0) is 42.5 Å². The van der Waals surface area contributed by atoms with Gasteiger partial charge in [0.25, 0.3) is 5.56 Å². The van der Waals surface area contributed by atoms with Crippen LogP contribution in [-0.4, -0.2) is 4.98 Å². The fourth-order valence-corrected chi connectivity index (χ4v) is 2.21. The van der Waals surface area contributed by atoms with E-state index in [1.165, 1.54) is 0 Å².